The molecule has 1 unspecified atom stereocenters. The zero-order valence-corrected chi connectivity index (χ0v) is 11.8. The van der Waals surface area contributed by atoms with Crippen LogP contribution >= 0.6 is 15.9 Å². The van der Waals surface area contributed by atoms with E-state index in [0.717, 1.165) is 5.69 Å². The summed E-state index contributed by atoms with van der Waals surface area (Å²) in [6.07, 6.45) is -0.0721. The number of rotatable bonds is 7. The Morgan fingerprint density at radius 2 is 2.22 bits per heavy atom. The summed E-state index contributed by atoms with van der Waals surface area (Å²) in [5.41, 5.74) is 0.825. The van der Waals surface area contributed by atoms with Crippen LogP contribution in [0.2, 0.25) is 0 Å². The van der Waals surface area contributed by atoms with Gasteiger partial charge in [0, 0.05) is 43.1 Å². The number of nitro benzene ring substituents is 1. The third kappa shape index (κ3) is 4.25. The predicted octanol–water partition coefficient (Wildman–Crippen LogP) is 2.43. The van der Waals surface area contributed by atoms with Crippen molar-refractivity contribution >= 4 is 27.3 Å². The van der Waals surface area contributed by atoms with E-state index in [2.05, 4.69) is 21.2 Å². The lowest BCUT2D eigenvalue weighted by Gasteiger charge is -2.16. The van der Waals surface area contributed by atoms with Gasteiger partial charge in [0.2, 0.25) is 0 Å². The SMILES string of the molecule is COCC(CNc1ccc([N+](=O)[O-])cc1Br)OC. The number of nitrogens with zero attached hydrogens (tertiary/aromatic N) is 1. The standard InChI is InChI=1S/C11H15BrN2O4/c1-17-7-9(18-2)6-13-11-4-3-8(14(15)16)5-10(11)12/h3-5,9,13H,6-7H2,1-2H3. The molecule has 0 spiro atoms. The number of benzene rings is 1. The Bertz CT molecular complexity index is 414. The Kier molecular flexibility index (Phi) is 6.03. The van der Waals surface area contributed by atoms with Crippen LogP contribution in [0, 0.1) is 10.1 Å². The minimum Gasteiger partial charge on any atom is -0.382 e. The quantitative estimate of drug-likeness (QED) is 0.617. The largest absolute Gasteiger partial charge is 0.382 e. The van der Waals surface area contributed by atoms with Gasteiger partial charge in [-0.3, -0.25) is 10.1 Å². The molecule has 100 valence electrons. The summed E-state index contributed by atoms with van der Waals surface area (Å²) >= 11 is 3.29. The van der Waals surface area contributed by atoms with Crippen LogP contribution in [0.5, 0.6) is 0 Å². The van der Waals surface area contributed by atoms with E-state index in [0.29, 0.717) is 17.6 Å². The van der Waals surface area contributed by atoms with Crippen molar-refractivity contribution in [1.82, 2.24) is 0 Å². The van der Waals surface area contributed by atoms with Crippen molar-refractivity contribution in [2.75, 3.05) is 32.7 Å². The molecule has 0 heterocycles. The maximum atomic E-state index is 10.6. The van der Waals surface area contributed by atoms with Crippen molar-refractivity contribution in [2.45, 2.75) is 6.10 Å². The predicted molar refractivity (Wildman–Crippen MR) is 72.0 cm³/mol. The van der Waals surface area contributed by atoms with Gasteiger partial charge in [-0.25, -0.2) is 0 Å². The van der Waals surface area contributed by atoms with Crippen LogP contribution in [0.1, 0.15) is 0 Å². The molecular weight excluding hydrogens is 304 g/mol. The monoisotopic (exact) mass is 318 g/mol. The van der Waals surface area contributed by atoms with Crippen LogP contribution in [-0.2, 0) is 9.47 Å². The fourth-order valence-electron chi connectivity index (χ4n) is 1.38. The molecule has 18 heavy (non-hydrogen) atoms. The highest BCUT2D eigenvalue weighted by molar-refractivity contribution is 9.10. The number of nitrogens with one attached hydrogen (secondary N) is 1. The van der Waals surface area contributed by atoms with Gasteiger partial charge in [0.05, 0.1) is 17.6 Å². The lowest BCUT2D eigenvalue weighted by atomic mass is 10.2. The molecule has 0 amide bonds. The van der Waals surface area contributed by atoms with E-state index in [9.17, 15) is 10.1 Å². The van der Waals surface area contributed by atoms with Crippen molar-refractivity contribution in [1.29, 1.82) is 0 Å². The average molecular weight is 319 g/mol. The first-order valence-corrected chi connectivity index (χ1v) is 6.07. The van der Waals surface area contributed by atoms with Crippen LogP contribution in [0.3, 0.4) is 0 Å². The lowest BCUT2D eigenvalue weighted by molar-refractivity contribution is -0.384. The zero-order valence-electron chi connectivity index (χ0n) is 10.2. The Morgan fingerprint density at radius 1 is 1.50 bits per heavy atom. The third-order valence-corrected chi connectivity index (χ3v) is 3.03. The molecule has 6 nitrogen and oxygen atoms in total. The second-order valence-electron chi connectivity index (χ2n) is 3.62. The van der Waals surface area contributed by atoms with E-state index >= 15 is 0 Å². The van der Waals surface area contributed by atoms with E-state index < -0.39 is 4.92 Å². The number of ether oxygens (including phenoxy) is 2. The highest BCUT2D eigenvalue weighted by atomic mass is 79.9. The van der Waals surface area contributed by atoms with Gasteiger partial charge in [-0.15, -0.1) is 0 Å². The fourth-order valence-corrected chi connectivity index (χ4v) is 1.89. The highest BCUT2D eigenvalue weighted by Crippen LogP contribution is 2.27. The van der Waals surface area contributed by atoms with Gasteiger partial charge in [-0.05, 0) is 22.0 Å². The summed E-state index contributed by atoms with van der Waals surface area (Å²) < 4.78 is 10.8. The number of anilines is 1. The van der Waals surface area contributed by atoms with Gasteiger partial charge in [0.1, 0.15) is 0 Å². The molecule has 0 bridgehead atoms. The summed E-state index contributed by atoms with van der Waals surface area (Å²) in [5.74, 6) is 0. The number of non-ortho nitro benzene ring substituents is 1. The topological polar surface area (TPSA) is 73.6 Å². The zero-order chi connectivity index (χ0) is 13.5. The first-order valence-electron chi connectivity index (χ1n) is 5.28. The summed E-state index contributed by atoms with van der Waals surface area (Å²) in [5, 5.41) is 13.7. The van der Waals surface area contributed by atoms with Gasteiger partial charge in [0.25, 0.3) is 5.69 Å². The molecule has 0 aliphatic carbocycles. The van der Waals surface area contributed by atoms with E-state index in [1.807, 2.05) is 0 Å². The molecular formula is C11H15BrN2O4. The molecule has 1 rings (SSSR count). The maximum absolute atomic E-state index is 10.6. The van der Waals surface area contributed by atoms with Gasteiger partial charge < -0.3 is 14.8 Å². The van der Waals surface area contributed by atoms with E-state index in [-0.39, 0.29) is 11.8 Å². The number of methoxy groups -OCH3 is 2. The van der Waals surface area contributed by atoms with Crippen molar-refractivity contribution in [2.24, 2.45) is 0 Å². The first kappa shape index (κ1) is 14.9. The molecule has 0 aromatic heterocycles. The summed E-state index contributed by atoms with van der Waals surface area (Å²) in [4.78, 5) is 10.2. The summed E-state index contributed by atoms with van der Waals surface area (Å²) in [7, 11) is 3.21. The van der Waals surface area contributed by atoms with Gasteiger partial charge in [-0.2, -0.15) is 0 Å². The minimum absolute atomic E-state index is 0.0487. The summed E-state index contributed by atoms with van der Waals surface area (Å²) in [6, 6.07) is 4.56. The van der Waals surface area contributed by atoms with Gasteiger partial charge in [0.15, 0.2) is 0 Å². The molecule has 1 N–H and O–H groups in total. The molecule has 1 aromatic rings. The molecule has 0 aliphatic rings. The van der Waals surface area contributed by atoms with Crippen LogP contribution in [0.15, 0.2) is 22.7 Å². The molecule has 0 radical (unpaired) electrons. The van der Waals surface area contributed by atoms with Crippen LogP contribution in [0.25, 0.3) is 0 Å². The number of halogens is 1. The molecule has 7 heteroatoms. The number of hydrogen-bond donors (Lipinski definition) is 1. The maximum Gasteiger partial charge on any atom is 0.270 e. The molecule has 0 saturated heterocycles. The Balaban J connectivity index is 2.65. The minimum atomic E-state index is -0.433. The van der Waals surface area contributed by atoms with E-state index in [4.69, 9.17) is 9.47 Å². The molecule has 0 aliphatic heterocycles. The second kappa shape index (κ2) is 7.30. The van der Waals surface area contributed by atoms with Crippen molar-refractivity contribution in [3.63, 3.8) is 0 Å². The Labute approximate surface area is 114 Å². The molecule has 1 aromatic carbocycles. The highest BCUT2D eigenvalue weighted by Gasteiger charge is 2.11. The number of nitro groups is 1. The summed E-state index contributed by atoms with van der Waals surface area (Å²) in [6.45, 7) is 1.04. The molecule has 1 atom stereocenters. The van der Waals surface area contributed by atoms with Crippen molar-refractivity contribution in [3.8, 4) is 0 Å². The third-order valence-electron chi connectivity index (χ3n) is 2.37. The van der Waals surface area contributed by atoms with Gasteiger partial charge >= 0.3 is 0 Å². The molecule has 0 saturated carbocycles. The Hall–Kier alpha value is -1.18. The average Bonchev–Trinajstić information content (AvgIpc) is 2.35. The second-order valence-corrected chi connectivity index (χ2v) is 4.47. The van der Waals surface area contributed by atoms with Crippen LogP contribution in [0.4, 0.5) is 11.4 Å². The van der Waals surface area contributed by atoms with Crippen molar-refractivity contribution < 1.29 is 14.4 Å². The smallest absolute Gasteiger partial charge is 0.270 e. The molecule has 0 fully saturated rings. The van der Waals surface area contributed by atoms with E-state index in [1.54, 1.807) is 20.3 Å². The lowest BCUT2D eigenvalue weighted by Crippen LogP contribution is -2.26. The van der Waals surface area contributed by atoms with Crippen molar-refractivity contribution in [3.05, 3.63) is 32.8 Å². The van der Waals surface area contributed by atoms with E-state index in [1.165, 1.54) is 12.1 Å². The first-order chi connectivity index (χ1) is 8.58. The van der Waals surface area contributed by atoms with Crippen LogP contribution in [-0.4, -0.2) is 38.4 Å². The normalized spacial score (nSPS) is 12.2. The van der Waals surface area contributed by atoms with Gasteiger partial charge in [-0.1, -0.05) is 0 Å². The van der Waals surface area contributed by atoms with Crippen LogP contribution < -0.4 is 5.32 Å². The Morgan fingerprint density at radius 3 is 2.72 bits per heavy atom. The fraction of sp³-hybridized carbons (Fsp3) is 0.455. The number of hydrogen-bond acceptors (Lipinski definition) is 5.